The van der Waals surface area contributed by atoms with Gasteiger partial charge in [0.2, 0.25) is 0 Å². The molecule has 0 spiro atoms. The van der Waals surface area contributed by atoms with Gasteiger partial charge in [0, 0.05) is 39.5 Å². The largest absolute Gasteiger partial charge is 0.383 e. The molecule has 1 atom stereocenters. The number of urea groups is 1. The number of ether oxygens (including phenoxy) is 1. The molecule has 6 heteroatoms. The Morgan fingerprint density at radius 3 is 2.75 bits per heavy atom. The molecule has 0 saturated carbocycles. The van der Waals surface area contributed by atoms with E-state index >= 15 is 0 Å². The molecule has 1 saturated heterocycles. The highest BCUT2D eigenvalue weighted by Gasteiger charge is 2.22. The number of nitrogens with zero attached hydrogens (tertiary/aromatic N) is 3. The van der Waals surface area contributed by atoms with E-state index in [9.17, 15) is 4.79 Å². The zero-order chi connectivity index (χ0) is 14.4. The second kappa shape index (κ2) is 7.09. The van der Waals surface area contributed by atoms with Gasteiger partial charge < -0.3 is 19.9 Å². The Kier molecular flexibility index (Phi) is 5.17. The summed E-state index contributed by atoms with van der Waals surface area (Å²) in [5, 5.41) is 2.93. The first-order valence-corrected chi connectivity index (χ1v) is 6.91. The van der Waals surface area contributed by atoms with Crippen LogP contribution >= 0.6 is 0 Å². The minimum atomic E-state index is -0.0183. The van der Waals surface area contributed by atoms with Crippen molar-refractivity contribution in [3.8, 4) is 0 Å². The SMILES string of the molecule is COCC(C)NC(=O)N1CCN(c2ccccn2)CC1. The third kappa shape index (κ3) is 3.84. The van der Waals surface area contributed by atoms with E-state index in [-0.39, 0.29) is 12.1 Å². The van der Waals surface area contributed by atoms with Crippen molar-refractivity contribution in [1.82, 2.24) is 15.2 Å². The van der Waals surface area contributed by atoms with Crippen molar-refractivity contribution in [2.45, 2.75) is 13.0 Å². The van der Waals surface area contributed by atoms with Crippen LogP contribution in [-0.4, -0.2) is 61.9 Å². The zero-order valence-electron chi connectivity index (χ0n) is 12.1. The third-order valence-electron chi connectivity index (χ3n) is 3.33. The van der Waals surface area contributed by atoms with Crippen molar-refractivity contribution in [2.75, 3.05) is 44.8 Å². The third-order valence-corrected chi connectivity index (χ3v) is 3.33. The number of aromatic nitrogens is 1. The fourth-order valence-electron chi connectivity index (χ4n) is 2.27. The van der Waals surface area contributed by atoms with Crippen molar-refractivity contribution < 1.29 is 9.53 Å². The van der Waals surface area contributed by atoms with Crippen LogP contribution in [0.5, 0.6) is 0 Å². The smallest absolute Gasteiger partial charge is 0.317 e. The van der Waals surface area contributed by atoms with Gasteiger partial charge >= 0.3 is 6.03 Å². The maximum absolute atomic E-state index is 12.1. The molecule has 1 unspecified atom stereocenters. The van der Waals surface area contributed by atoms with E-state index in [0.29, 0.717) is 19.7 Å². The Morgan fingerprint density at radius 2 is 2.15 bits per heavy atom. The van der Waals surface area contributed by atoms with Crippen molar-refractivity contribution in [1.29, 1.82) is 0 Å². The van der Waals surface area contributed by atoms with E-state index in [4.69, 9.17) is 4.74 Å². The average molecular weight is 278 g/mol. The number of anilines is 1. The van der Waals surface area contributed by atoms with Crippen LogP contribution in [0.15, 0.2) is 24.4 Å². The molecule has 1 aromatic heterocycles. The Labute approximate surface area is 119 Å². The first-order valence-electron chi connectivity index (χ1n) is 6.91. The predicted molar refractivity (Wildman–Crippen MR) is 77.9 cm³/mol. The molecule has 1 aliphatic rings. The average Bonchev–Trinajstić information content (AvgIpc) is 2.48. The summed E-state index contributed by atoms with van der Waals surface area (Å²) >= 11 is 0. The van der Waals surface area contributed by atoms with Crippen LogP contribution in [0, 0.1) is 0 Å². The van der Waals surface area contributed by atoms with E-state index < -0.39 is 0 Å². The van der Waals surface area contributed by atoms with Crippen LogP contribution in [0.2, 0.25) is 0 Å². The molecule has 1 fully saturated rings. The monoisotopic (exact) mass is 278 g/mol. The Morgan fingerprint density at radius 1 is 1.40 bits per heavy atom. The van der Waals surface area contributed by atoms with Gasteiger partial charge in [-0.25, -0.2) is 9.78 Å². The van der Waals surface area contributed by atoms with E-state index in [1.807, 2.05) is 30.0 Å². The first-order chi connectivity index (χ1) is 9.70. The minimum absolute atomic E-state index is 0.0183. The number of pyridine rings is 1. The molecule has 0 bridgehead atoms. The summed E-state index contributed by atoms with van der Waals surface area (Å²) in [6.45, 7) is 5.50. The lowest BCUT2D eigenvalue weighted by molar-refractivity contribution is 0.158. The molecule has 1 N–H and O–H groups in total. The molecule has 1 aliphatic heterocycles. The molecule has 2 heterocycles. The van der Waals surface area contributed by atoms with E-state index in [1.165, 1.54) is 0 Å². The number of hydrogen-bond donors (Lipinski definition) is 1. The Balaban J connectivity index is 1.80. The maximum Gasteiger partial charge on any atom is 0.317 e. The summed E-state index contributed by atoms with van der Waals surface area (Å²) in [4.78, 5) is 20.4. The summed E-state index contributed by atoms with van der Waals surface area (Å²) in [5.41, 5.74) is 0. The summed E-state index contributed by atoms with van der Waals surface area (Å²) in [7, 11) is 1.63. The number of piperazine rings is 1. The summed E-state index contributed by atoms with van der Waals surface area (Å²) in [5.74, 6) is 0.973. The molecule has 20 heavy (non-hydrogen) atoms. The summed E-state index contributed by atoms with van der Waals surface area (Å²) < 4.78 is 5.02. The molecule has 1 aromatic rings. The molecule has 0 aromatic carbocycles. The van der Waals surface area contributed by atoms with Crippen molar-refractivity contribution in [3.63, 3.8) is 0 Å². The Bertz CT molecular complexity index is 418. The molecular formula is C14H22N4O2. The number of amides is 2. The van der Waals surface area contributed by atoms with Crippen LogP contribution in [0.4, 0.5) is 10.6 Å². The van der Waals surface area contributed by atoms with Gasteiger partial charge in [-0.3, -0.25) is 0 Å². The lowest BCUT2D eigenvalue weighted by Gasteiger charge is -2.35. The fourth-order valence-corrected chi connectivity index (χ4v) is 2.27. The molecule has 110 valence electrons. The minimum Gasteiger partial charge on any atom is -0.383 e. The first kappa shape index (κ1) is 14.6. The summed E-state index contributed by atoms with van der Waals surface area (Å²) in [6, 6.07) is 5.89. The lowest BCUT2D eigenvalue weighted by Crippen LogP contribution is -2.53. The number of methoxy groups -OCH3 is 1. The number of nitrogens with one attached hydrogen (secondary N) is 1. The number of carbonyl (C=O) groups is 1. The molecular weight excluding hydrogens is 256 g/mol. The second-order valence-corrected chi connectivity index (χ2v) is 4.97. The van der Waals surface area contributed by atoms with Gasteiger partial charge in [-0.05, 0) is 19.1 Å². The molecule has 2 amide bonds. The van der Waals surface area contributed by atoms with E-state index in [2.05, 4.69) is 15.2 Å². The fraction of sp³-hybridized carbons (Fsp3) is 0.571. The van der Waals surface area contributed by atoms with Gasteiger partial charge in [0.1, 0.15) is 5.82 Å². The molecule has 2 rings (SSSR count). The highest BCUT2D eigenvalue weighted by atomic mass is 16.5. The summed E-state index contributed by atoms with van der Waals surface area (Å²) in [6.07, 6.45) is 1.79. The van der Waals surface area contributed by atoms with Gasteiger partial charge in [0.15, 0.2) is 0 Å². The zero-order valence-corrected chi connectivity index (χ0v) is 12.1. The van der Waals surface area contributed by atoms with Gasteiger partial charge in [0.25, 0.3) is 0 Å². The van der Waals surface area contributed by atoms with Crippen molar-refractivity contribution in [2.24, 2.45) is 0 Å². The highest BCUT2D eigenvalue weighted by molar-refractivity contribution is 5.74. The van der Waals surface area contributed by atoms with Crippen LogP contribution in [0.1, 0.15) is 6.92 Å². The van der Waals surface area contributed by atoms with Crippen molar-refractivity contribution in [3.05, 3.63) is 24.4 Å². The van der Waals surface area contributed by atoms with Gasteiger partial charge in [-0.2, -0.15) is 0 Å². The predicted octanol–water partition coefficient (Wildman–Crippen LogP) is 0.948. The quantitative estimate of drug-likeness (QED) is 0.891. The van der Waals surface area contributed by atoms with Crippen molar-refractivity contribution >= 4 is 11.8 Å². The van der Waals surface area contributed by atoms with Crippen LogP contribution in [0.25, 0.3) is 0 Å². The van der Waals surface area contributed by atoms with Crippen LogP contribution in [0.3, 0.4) is 0 Å². The number of rotatable bonds is 4. The Hall–Kier alpha value is -1.82. The number of hydrogen-bond acceptors (Lipinski definition) is 4. The topological polar surface area (TPSA) is 57.7 Å². The molecule has 0 aliphatic carbocycles. The highest BCUT2D eigenvalue weighted by Crippen LogP contribution is 2.12. The standard InChI is InChI=1S/C14H22N4O2/c1-12(11-20-2)16-14(19)18-9-7-17(8-10-18)13-5-3-4-6-15-13/h3-6,12H,7-11H2,1-2H3,(H,16,19). The lowest BCUT2D eigenvalue weighted by atomic mass is 10.3. The van der Waals surface area contributed by atoms with Gasteiger partial charge in [0.05, 0.1) is 12.6 Å². The molecule has 0 radical (unpaired) electrons. The van der Waals surface area contributed by atoms with Gasteiger partial charge in [-0.1, -0.05) is 6.07 Å². The molecule has 6 nitrogen and oxygen atoms in total. The van der Waals surface area contributed by atoms with Crippen LogP contribution < -0.4 is 10.2 Å². The second-order valence-electron chi connectivity index (χ2n) is 4.97. The normalized spacial score (nSPS) is 16.9. The maximum atomic E-state index is 12.1. The van der Waals surface area contributed by atoms with Crippen LogP contribution in [-0.2, 0) is 4.74 Å². The van der Waals surface area contributed by atoms with E-state index in [0.717, 1.165) is 18.9 Å². The van der Waals surface area contributed by atoms with Gasteiger partial charge in [-0.15, -0.1) is 0 Å². The van der Waals surface area contributed by atoms with E-state index in [1.54, 1.807) is 13.3 Å². The number of carbonyl (C=O) groups excluding carboxylic acids is 1.